The van der Waals surface area contributed by atoms with Crippen LogP contribution in [0.2, 0.25) is 0 Å². The molecule has 0 aromatic rings. The van der Waals surface area contributed by atoms with Gasteiger partial charge in [0.05, 0.1) is 6.42 Å². The number of carboxylic acid groups (broad SMARTS) is 1. The Bertz CT molecular complexity index is 404. The molecule has 0 aromatic heterocycles. The van der Waals surface area contributed by atoms with E-state index < -0.39 is 5.97 Å². The minimum absolute atomic E-state index is 0.0141. The fourth-order valence-corrected chi connectivity index (χ4v) is 3.35. The van der Waals surface area contributed by atoms with Crippen LogP contribution in [-0.4, -0.2) is 46.9 Å². The molecule has 0 spiro atoms. The number of hydrogen-bond donors (Lipinski definition) is 2. The van der Waals surface area contributed by atoms with E-state index >= 15 is 0 Å². The summed E-state index contributed by atoms with van der Waals surface area (Å²) in [6, 6.07) is -0.180. The molecule has 1 unspecified atom stereocenters. The number of likely N-dealkylation sites (tertiary alicyclic amines) is 1. The lowest BCUT2D eigenvalue weighted by atomic mass is 10.1. The van der Waals surface area contributed by atoms with Crippen LogP contribution in [0.1, 0.15) is 51.4 Å². The van der Waals surface area contributed by atoms with E-state index in [0.29, 0.717) is 13.1 Å². The third-order valence-electron chi connectivity index (χ3n) is 4.47. The molecular formula is C15H24N2O4. The molecule has 1 saturated heterocycles. The number of nitrogens with zero attached hydrogens (tertiary/aromatic N) is 1. The van der Waals surface area contributed by atoms with Gasteiger partial charge in [0.15, 0.2) is 0 Å². The van der Waals surface area contributed by atoms with E-state index in [4.69, 9.17) is 5.11 Å². The summed E-state index contributed by atoms with van der Waals surface area (Å²) in [6.07, 6.45) is 6.02. The van der Waals surface area contributed by atoms with Crippen LogP contribution in [0.15, 0.2) is 0 Å². The van der Waals surface area contributed by atoms with Crippen LogP contribution in [-0.2, 0) is 14.4 Å². The van der Waals surface area contributed by atoms with Gasteiger partial charge in [-0.05, 0) is 25.7 Å². The molecule has 1 heterocycles. The standard InChI is InChI=1S/C15H24N2O4/c18-13(17-9-3-6-12(17)10-14(19)20)7-8-16-15(21)11-4-1-2-5-11/h11-12H,1-10H2,(H,16,21)(H,19,20). The Labute approximate surface area is 124 Å². The molecule has 1 saturated carbocycles. The molecule has 0 bridgehead atoms. The molecule has 1 aliphatic heterocycles. The number of carbonyl (C=O) groups excluding carboxylic acids is 2. The zero-order valence-electron chi connectivity index (χ0n) is 12.3. The van der Waals surface area contributed by atoms with Gasteiger partial charge in [-0.15, -0.1) is 0 Å². The van der Waals surface area contributed by atoms with Gasteiger partial charge in [0.2, 0.25) is 11.8 Å². The maximum Gasteiger partial charge on any atom is 0.305 e. The molecule has 2 rings (SSSR count). The Kier molecular flexibility index (Phi) is 5.59. The lowest BCUT2D eigenvalue weighted by molar-refractivity contribution is -0.139. The van der Waals surface area contributed by atoms with Crippen molar-refractivity contribution in [3.63, 3.8) is 0 Å². The molecule has 0 aromatic carbocycles. The van der Waals surface area contributed by atoms with E-state index in [1.807, 2.05) is 0 Å². The smallest absolute Gasteiger partial charge is 0.305 e. The van der Waals surface area contributed by atoms with Gasteiger partial charge in [-0.2, -0.15) is 0 Å². The molecule has 2 aliphatic rings. The second-order valence-electron chi connectivity index (χ2n) is 6.00. The summed E-state index contributed by atoms with van der Waals surface area (Å²) < 4.78 is 0. The van der Waals surface area contributed by atoms with Gasteiger partial charge in [0.1, 0.15) is 0 Å². The SMILES string of the molecule is O=C(O)CC1CCCN1C(=O)CCNC(=O)C1CCCC1. The van der Waals surface area contributed by atoms with Crippen LogP contribution in [0.4, 0.5) is 0 Å². The largest absolute Gasteiger partial charge is 0.481 e. The summed E-state index contributed by atoms with van der Waals surface area (Å²) in [5.41, 5.74) is 0. The second kappa shape index (κ2) is 7.43. The van der Waals surface area contributed by atoms with Gasteiger partial charge in [-0.1, -0.05) is 12.8 Å². The third-order valence-corrected chi connectivity index (χ3v) is 4.47. The maximum absolute atomic E-state index is 12.1. The van der Waals surface area contributed by atoms with Crippen molar-refractivity contribution in [1.29, 1.82) is 0 Å². The summed E-state index contributed by atoms with van der Waals surface area (Å²) in [4.78, 5) is 36.4. The highest BCUT2D eigenvalue weighted by atomic mass is 16.4. The topological polar surface area (TPSA) is 86.7 Å². The molecule has 2 N–H and O–H groups in total. The summed E-state index contributed by atoms with van der Waals surface area (Å²) >= 11 is 0. The van der Waals surface area contributed by atoms with Gasteiger partial charge in [0, 0.05) is 31.5 Å². The Morgan fingerprint density at radius 2 is 1.81 bits per heavy atom. The first-order chi connectivity index (χ1) is 10.1. The van der Waals surface area contributed by atoms with E-state index in [0.717, 1.165) is 38.5 Å². The Morgan fingerprint density at radius 1 is 1.10 bits per heavy atom. The van der Waals surface area contributed by atoms with Gasteiger partial charge in [0.25, 0.3) is 0 Å². The number of aliphatic carboxylic acids is 1. The van der Waals surface area contributed by atoms with Gasteiger partial charge >= 0.3 is 5.97 Å². The fourth-order valence-electron chi connectivity index (χ4n) is 3.35. The number of nitrogens with one attached hydrogen (secondary N) is 1. The molecule has 6 nitrogen and oxygen atoms in total. The van der Waals surface area contributed by atoms with Crippen LogP contribution in [0.25, 0.3) is 0 Å². The van der Waals surface area contributed by atoms with Crippen molar-refractivity contribution >= 4 is 17.8 Å². The Balaban J connectivity index is 1.71. The van der Waals surface area contributed by atoms with E-state index in [1.165, 1.54) is 0 Å². The van der Waals surface area contributed by atoms with Crippen LogP contribution in [0, 0.1) is 5.92 Å². The van der Waals surface area contributed by atoms with Gasteiger partial charge in [-0.3, -0.25) is 14.4 Å². The van der Waals surface area contributed by atoms with Crippen molar-refractivity contribution in [2.45, 2.75) is 57.4 Å². The molecule has 0 radical (unpaired) electrons. The first kappa shape index (κ1) is 15.8. The first-order valence-electron chi connectivity index (χ1n) is 7.87. The number of carbonyl (C=O) groups is 3. The monoisotopic (exact) mass is 296 g/mol. The van der Waals surface area contributed by atoms with Crippen molar-refractivity contribution in [1.82, 2.24) is 10.2 Å². The number of hydrogen-bond acceptors (Lipinski definition) is 3. The summed E-state index contributed by atoms with van der Waals surface area (Å²) in [5, 5.41) is 11.7. The van der Waals surface area contributed by atoms with Crippen molar-refractivity contribution in [3.05, 3.63) is 0 Å². The Morgan fingerprint density at radius 3 is 2.48 bits per heavy atom. The van der Waals surface area contributed by atoms with Gasteiger partial charge in [-0.25, -0.2) is 0 Å². The second-order valence-corrected chi connectivity index (χ2v) is 6.00. The lowest BCUT2D eigenvalue weighted by Gasteiger charge is -2.23. The molecule has 2 fully saturated rings. The van der Waals surface area contributed by atoms with Crippen LogP contribution in [0.5, 0.6) is 0 Å². The van der Waals surface area contributed by atoms with E-state index in [9.17, 15) is 14.4 Å². The number of rotatable bonds is 6. The van der Waals surface area contributed by atoms with E-state index in [1.54, 1.807) is 4.90 Å². The number of carboxylic acids is 1. The first-order valence-corrected chi connectivity index (χ1v) is 7.87. The van der Waals surface area contributed by atoms with Crippen molar-refractivity contribution in [2.75, 3.05) is 13.1 Å². The molecule has 1 aliphatic carbocycles. The quantitative estimate of drug-likeness (QED) is 0.769. The predicted octanol–water partition coefficient (Wildman–Crippen LogP) is 1.15. The van der Waals surface area contributed by atoms with E-state index in [2.05, 4.69) is 5.32 Å². The van der Waals surface area contributed by atoms with Gasteiger partial charge < -0.3 is 15.3 Å². The fraction of sp³-hybridized carbons (Fsp3) is 0.800. The number of amides is 2. The minimum atomic E-state index is -0.866. The molecule has 118 valence electrons. The molecule has 2 amide bonds. The summed E-state index contributed by atoms with van der Waals surface area (Å²) in [5.74, 6) is -0.741. The summed E-state index contributed by atoms with van der Waals surface area (Å²) in [6.45, 7) is 0.984. The average Bonchev–Trinajstić information content (AvgIpc) is 3.08. The molecule has 6 heteroatoms. The highest BCUT2D eigenvalue weighted by Crippen LogP contribution is 2.24. The lowest BCUT2D eigenvalue weighted by Crippen LogP contribution is -2.39. The van der Waals surface area contributed by atoms with Crippen molar-refractivity contribution in [3.8, 4) is 0 Å². The Hall–Kier alpha value is -1.59. The van der Waals surface area contributed by atoms with Crippen molar-refractivity contribution in [2.24, 2.45) is 5.92 Å². The highest BCUT2D eigenvalue weighted by molar-refractivity contribution is 5.81. The molecular weight excluding hydrogens is 272 g/mol. The van der Waals surface area contributed by atoms with E-state index in [-0.39, 0.29) is 36.6 Å². The van der Waals surface area contributed by atoms with Crippen LogP contribution < -0.4 is 5.32 Å². The summed E-state index contributed by atoms with van der Waals surface area (Å²) in [7, 11) is 0. The van der Waals surface area contributed by atoms with Crippen LogP contribution >= 0.6 is 0 Å². The normalized spacial score (nSPS) is 22.5. The van der Waals surface area contributed by atoms with Crippen LogP contribution in [0.3, 0.4) is 0 Å². The average molecular weight is 296 g/mol. The highest BCUT2D eigenvalue weighted by Gasteiger charge is 2.30. The van der Waals surface area contributed by atoms with Crippen molar-refractivity contribution < 1.29 is 19.5 Å². The molecule has 1 atom stereocenters. The maximum atomic E-state index is 12.1. The minimum Gasteiger partial charge on any atom is -0.481 e. The zero-order valence-corrected chi connectivity index (χ0v) is 12.3. The predicted molar refractivity (Wildman–Crippen MR) is 76.6 cm³/mol. The third kappa shape index (κ3) is 4.44. The zero-order chi connectivity index (χ0) is 15.2. The molecule has 21 heavy (non-hydrogen) atoms.